The molecule has 7 heteroatoms. The molecule has 4 rings (SSSR count). The van der Waals surface area contributed by atoms with Crippen LogP contribution < -0.4 is 5.32 Å². The second kappa shape index (κ2) is 8.47. The average molecular weight is 421 g/mol. The zero-order valence-electron chi connectivity index (χ0n) is 16.4. The Morgan fingerprint density at radius 1 is 1.00 bits per heavy atom. The first-order valence-corrected chi connectivity index (χ1v) is 9.75. The van der Waals surface area contributed by atoms with Gasteiger partial charge in [0.1, 0.15) is 24.2 Å². The number of carboxylic acid groups (broad SMARTS) is 1. The molecule has 158 valence electrons. The molecular formula is C24H20FNO5. The Balaban J connectivity index is 1.45. The first-order chi connectivity index (χ1) is 14.9. The summed E-state index contributed by atoms with van der Waals surface area (Å²) in [5.74, 6) is -2.36. The largest absolute Gasteiger partial charge is 0.508 e. The molecule has 0 aromatic heterocycles. The van der Waals surface area contributed by atoms with Crippen LogP contribution >= 0.6 is 0 Å². The normalized spacial score (nSPS) is 13.2. The minimum Gasteiger partial charge on any atom is -0.508 e. The first kappa shape index (κ1) is 20.4. The predicted molar refractivity (Wildman–Crippen MR) is 111 cm³/mol. The Morgan fingerprint density at radius 3 is 2.23 bits per heavy atom. The van der Waals surface area contributed by atoms with Gasteiger partial charge in [-0.25, -0.2) is 14.0 Å². The van der Waals surface area contributed by atoms with Crippen LogP contribution in [-0.2, 0) is 16.0 Å². The van der Waals surface area contributed by atoms with Crippen molar-refractivity contribution in [3.63, 3.8) is 0 Å². The smallest absolute Gasteiger partial charge is 0.407 e. The summed E-state index contributed by atoms with van der Waals surface area (Å²) < 4.78 is 19.3. The molecule has 0 saturated carbocycles. The maximum absolute atomic E-state index is 13.9. The van der Waals surface area contributed by atoms with E-state index in [0.29, 0.717) is 0 Å². The van der Waals surface area contributed by atoms with Crippen molar-refractivity contribution in [3.05, 3.63) is 89.2 Å². The molecule has 1 aliphatic rings. The van der Waals surface area contributed by atoms with Crippen LogP contribution in [0.15, 0.2) is 66.7 Å². The highest BCUT2D eigenvalue weighted by atomic mass is 19.1. The number of aliphatic carboxylic acids is 1. The topological polar surface area (TPSA) is 95.9 Å². The van der Waals surface area contributed by atoms with Crippen LogP contribution in [0.1, 0.15) is 22.6 Å². The molecule has 0 bridgehead atoms. The minimum absolute atomic E-state index is 0.0219. The van der Waals surface area contributed by atoms with E-state index in [0.717, 1.165) is 40.5 Å². The van der Waals surface area contributed by atoms with Gasteiger partial charge in [0.15, 0.2) is 0 Å². The van der Waals surface area contributed by atoms with Crippen LogP contribution in [0.25, 0.3) is 11.1 Å². The molecular weight excluding hydrogens is 401 g/mol. The summed E-state index contributed by atoms with van der Waals surface area (Å²) in [6, 6.07) is 17.6. The van der Waals surface area contributed by atoms with E-state index in [2.05, 4.69) is 5.32 Å². The van der Waals surface area contributed by atoms with Crippen molar-refractivity contribution in [2.75, 3.05) is 6.61 Å². The molecule has 0 aliphatic heterocycles. The molecule has 3 N–H and O–H groups in total. The Bertz CT molecular complexity index is 1100. The van der Waals surface area contributed by atoms with Gasteiger partial charge < -0.3 is 20.3 Å². The van der Waals surface area contributed by atoms with E-state index >= 15 is 0 Å². The summed E-state index contributed by atoms with van der Waals surface area (Å²) in [6.45, 7) is 0.0344. The van der Waals surface area contributed by atoms with E-state index in [1.165, 1.54) is 0 Å². The quantitative estimate of drug-likeness (QED) is 0.558. The number of carbonyl (C=O) groups excluding carboxylic acids is 1. The molecule has 0 spiro atoms. The number of hydrogen-bond acceptors (Lipinski definition) is 4. The first-order valence-electron chi connectivity index (χ1n) is 9.75. The fourth-order valence-electron chi connectivity index (χ4n) is 3.92. The van der Waals surface area contributed by atoms with Crippen LogP contribution in [0.2, 0.25) is 0 Å². The van der Waals surface area contributed by atoms with Gasteiger partial charge in [0.25, 0.3) is 0 Å². The van der Waals surface area contributed by atoms with Gasteiger partial charge in [0.2, 0.25) is 0 Å². The second-order valence-corrected chi connectivity index (χ2v) is 7.34. The molecule has 1 atom stereocenters. The lowest BCUT2D eigenvalue weighted by molar-refractivity contribution is -0.139. The number of phenols is 1. The summed E-state index contributed by atoms with van der Waals surface area (Å²) in [5, 5.41) is 21.2. The number of hydrogen-bond donors (Lipinski definition) is 3. The van der Waals surface area contributed by atoms with Gasteiger partial charge in [0, 0.05) is 12.3 Å². The Labute approximate surface area is 177 Å². The third-order valence-electron chi connectivity index (χ3n) is 5.39. The van der Waals surface area contributed by atoms with Gasteiger partial charge in [-0.2, -0.15) is 0 Å². The number of nitrogens with one attached hydrogen (secondary N) is 1. The highest BCUT2D eigenvalue weighted by Gasteiger charge is 2.30. The molecule has 0 heterocycles. The van der Waals surface area contributed by atoms with E-state index in [-0.39, 0.29) is 30.3 Å². The highest BCUT2D eigenvalue weighted by molar-refractivity contribution is 5.81. The van der Waals surface area contributed by atoms with E-state index < -0.39 is 23.9 Å². The third kappa shape index (κ3) is 4.21. The van der Waals surface area contributed by atoms with Crippen LogP contribution in [-0.4, -0.2) is 34.9 Å². The monoisotopic (exact) mass is 421 g/mol. The van der Waals surface area contributed by atoms with Crippen LogP contribution in [0.4, 0.5) is 9.18 Å². The van der Waals surface area contributed by atoms with Gasteiger partial charge in [0.05, 0.1) is 0 Å². The molecule has 1 aliphatic carbocycles. The predicted octanol–water partition coefficient (Wildman–Crippen LogP) is 4.07. The number of fused-ring (bicyclic) bond motifs is 3. The zero-order chi connectivity index (χ0) is 22.0. The molecule has 6 nitrogen and oxygen atoms in total. The van der Waals surface area contributed by atoms with Gasteiger partial charge >= 0.3 is 12.1 Å². The Kier molecular flexibility index (Phi) is 5.58. The van der Waals surface area contributed by atoms with Crippen molar-refractivity contribution in [1.82, 2.24) is 5.32 Å². The van der Waals surface area contributed by atoms with Crippen molar-refractivity contribution >= 4 is 12.1 Å². The van der Waals surface area contributed by atoms with Gasteiger partial charge in [-0.15, -0.1) is 0 Å². The van der Waals surface area contributed by atoms with Crippen molar-refractivity contribution in [1.29, 1.82) is 0 Å². The SMILES string of the molecule is O=C(N[C@H](Cc1cc(O)ccc1F)C(=O)O)OCC1c2ccccc2-c2ccccc21. The number of ether oxygens (including phenoxy) is 1. The number of alkyl carbamates (subject to hydrolysis) is 1. The molecule has 0 saturated heterocycles. The molecule has 3 aromatic carbocycles. The second-order valence-electron chi connectivity index (χ2n) is 7.34. The third-order valence-corrected chi connectivity index (χ3v) is 5.39. The fourth-order valence-corrected chi connectivity index (χ4v) is 3.92. The fraction of sp³-hybridized carbons (Fsp3) is 0.167. The lowest BCUT2D eigenvalue weighted by Crippen LogP contribution is -2.43. The van der Waals surface area contributed by atoms with Crippen molar-refractivity contribution in [3.8, 4) is 16.9 Å². The number of halogens is 1. The maximum Gasteiger partial charge on any atom is 0.407 e. The number of amides is 1. The molecule has 31 heavy (non-hydrogen) atoms. The summed E-state index contributed by atoms with van der Waals surface area (Å²) in [6.07, 6.45) is -1.24. The lowest BCUT2D eigenvalue weighted by atomic mass is 9.98. The van der Waals surface area contributed by atoms with Crippen molar-refractivity contribution in [2.24, 2.45) is 0 Å². The lowest BCUT2D eigenvalue weighted by Gasteiger charge is -2.18. The summed E-state index contributed by atoms with van der Waals surface area (Å²) >= 11 is 0. The Morgan fingerprint density at radius 2 is 1.61 bits per heavy atom. The van der Waals surface area contributed by atoms with E-state index in [4.69, 9.17) is 4.74 Å². The number of aromatic hydroxyl groups is 1. The van der Waals surface area contributed by atoms with Gasteiger partial charge in [-0.1, -0.05) is 48.5 Å². The summed E-state index contributed by atoms with van der Waals surface area (Å²) in [4.78, 5) is 23.9. The average Bonchev–Trinajstić information content (AvgIpc) is 3.08. The number of carbonyl (C=O) groups is 2. The van der Waals surface area contributed by atoms with E-state index in [1.54, 1.807) is 0 Å². The van der Waals surface area contributed by atoms with Crippen molar-refractivity contribution in [2.45, 2.75) is 18.4 Å². The maximum atomic E-state index is 13.9. The number of benzene rings is 3. The van der Waals surface area contributed by atoms with E-state index in [9.17, 15) is 24.2 Å². The minimum atomic E-state index is -1.41. The molecule has 0 radical (unpaired) electrons. The Hall–Kier alpha value is -3.87. The standard InChI is InChI=1S/C24H20FNO5/c25-21-10-9-15(27)11-14(21)12-22(23(28)29)26-24(30)31-13-20-18-7-3-1-5-16(18)17-6-2-4-8-19(17)20/h1-11,20,22,27H,12-13H2,(H,26,30)(H,28,29)/t22-/m1/s1. The zero-order valence-corrected chi connectivity index (χ0v) is 16.4. The van der Waals surface area contributed by atoms with Crippen LogP contribution in [0, 0.1) is 5.82 Å². The summed E-state index contributed by atoms with van der Waals surface area (Å²) in [7, 11) is 0. The number of carboxylic acids is 1. The number of rotatable bonds is 6. The summed E-state index contributed by atoms with van der Waals surface area (Å²) in [5.41, 5.74) is 4.21. The van der Waals surface area contributed by atoms with Gasteiger partial charge in [-0.05, 0) is 46.0 Å². The molecule has 0 fully saturated rings. The highest BCUT2D eigenvalue weighted by Crippen LogP contribution is 2.44. The molecule has 1 amide bonds. The van der Waals surface area contributed by atoms with Crippen LogP contribution in [0.5, 0.6) is 5.75 Å². The van der Waals surface area contributed by atoms with E-state index in [1.807, 2.05) is 48.5 Å². The molecule has 0 unspecified atom stereocenters. The molecule has 3 aromatic rings. The number of phenolic OH excluding ortho intramolecular Hbond substituents is 1. The van der Waals surface area contributed by atoms with Crippen LogP contribution in [0.3, 0.4) is 0 Å². The van der Waals surface area contributed by atoms with Gasteiger partial charge in [-0.3, -0.25) is 0 Å². The van der Waals surface area contributed by atoms with Crippen molar-refractivity contribution < 1.29 is 28.9 Å².